The van der Waals surface area contributed by atoms with Gasteiger partial charge in [-0.2, -0.15) is 0 Å². The Kier molecular flexibility index (Phi) is 28.4. The molecule has 0 bridgehead atoms. The molecule has 0 spiro atoms. The maximum atomic E-state index is 10.2. The minimum Gasteiger partial charge on any atom is -0.481 e. The Bertz CT molecular complexity index is 316. The van der Waals surface area contributed by atoms with E-state index in [4.69, 9.17) is 35.7 Å². The number of aliphatic carboxylic acids is 2. The van der Waals surface area contributed by atoms with Crippen molar-refractivity contribution in [2.45, 2.75) is 12.8 Å². The van der Waals surface area contributed by atoms with Crippen LogP contribution in [0.3, 0.4) is 0 Å². The van der Waals surface area contributed by atoms with Crippen LogP contribution < -0.4 is 0 Å². The van der Waals surface area contributed by atoms with E-state index in [0.29, 0.717) is 0 Å². The first kappa shape index (κ1) is 33.5. The molecule has 0 saturated heterocycles. The molecule has 0 unspecified atom stereocenters. The molecule has 0 aromatic rings. The molecular formula is C13H27NO9Y2. The number of rotatable bonds is 12. The summed E-state index contributed by atoms with van der Waals surface area (Å²) in [5, 5.41) is 59.9. The molecule has 0 aliphatic carbocycles. The maximum Gasteiger partial charge on any atom is 0.317 e. The van der Waals surface area contributed by atoms with Gasteiger partial charge in [-0.25, -0.2) is 0 Å². The molecule has 0 fully saturated rings. The van der Waals surface area contributed by atoms with E-state index < -0.39 is 37.2 Å². The van der Waals surface area contributed by atoms with E-state index in [1.807, 2.05) is 0 Å². The molecule has 10 nitrogen and oxygen atoms in total. The summed E-state index contributed by atoms with van der Waals surface area (Å²) in [7, 11) is 0. The Morgan fingerprint density at radius 1 is 0.760 bits per heavy atom. The standard InChI is InChI=1S/C7H14O5.C6H13NO4.2Y/c8-3-7(4-9,5-10)2-1-6(11)12;8-3-1-7(2-4-9)5-6(10)11;;/h8-10H,1-5H2,(H,11,12);8-9H,1-5H2,(H,10,11);;. The third kappa shape index (κ3) is 19.5. The smallest absolute Gasteiger partial charge is 0.317 e. The summed E-state index contributed by atoms with van der Waals surface area (Å²) in [6.45, 7) is -0.977. The first-order valence-electron chi connectivity index (χ1n) is 7.01. The zero-order chi connectivity index (χ0) is 18.3. The van der Waals surface area contributed by atoms with Crippen molar-refractivity contribution < 1.29 is 111 Å². The van der Waals surface area contributed by atoms with E-state index in [9.17, 15) is 9.59 Å². The number of aliphatic hydroxyl groups is 5. The largest absolute Gasteiger partial charge is 0.481 e. The van der Waals surface area contributed by atoms with Gasteiger partial charge in [0.15, 0.2) is 0 Å². The number of carboxylic acid groups (broad SMARTS) is 2. The minimum atomic E-state index is -1.06. The summed E-state index contributed by atoms with van der Waals surface area (Å²) >= 11 is 0. The molecule has 0 aromatic carbocycles. The van der Waals surface area contributed by atoms with Gasteiger partial charge in [0.1, 0.15) is 0 Å². The Hall–Kier alpha value is 0.908. The van der Waals surface area contributed by atoms with Crippen molar-refractivity contribution in [2.75, 3.05) is 52.7 Å². The second-order valence-electron chi connectivity index (χ2n) is 4.99. The van der Waals surface area contributed by atoms with E-state index in [2.05, 4.69) is 0 Å². The average molecular weight is 519 g/mol. The average Bonchev–Trinajstić information content (AvgIpc) is 2.50. The molecule has 25 heavy (non-hydrogen) atoms. The molecule has 0 aliphatic rings. The number of aliphatic hydroxyl groups excluding tert-OH is 5. The van der Waals surface area contributed by atoms with E-state index >= 15 is 0 Å². The summed E-state index contributed by atoms with van der Waals surface area (Å²) < 4.78 is 0. The number of nitrogens with zero attached hydrogens (tertiary/aromatic N) is 1. The Morgan fingerprint density at radius 3 is 1.40 bits per heavy atom. The van der Waals surface area contributed by atoms with Gasteiger partial charge in [0.2, 0.25) is 0 Å². The van der Waals surface area contributed by atoms with E-state index in [1.54, 1.807) is 0 Å². The van der Waals surface area contributed by atoms with Gasteiger partial charge in [0, 0.05) is 90.3 Å². The number of carbonyl (C=O) groups is 2. The third-order valence-electron chi connectivity index (χ3n) is 3.07. The van der Waals surface area contributed by atoms with Crippen LogP contribution in [0.25, 0.3) is 0 Å². The first-order chi connectivity index (χ1) is 10.8. The van der Waals surface area contributed by atoms with Crippen molar-refractivity contribution >= 4 is 11.9 Å². The molecule has 0 amide bonds. The molecule has 0 aliphatic heterocycles. The summed E-state index contributed by atoms with van der Waals surface area (Å²) in [5.41, 5.74) is -1.06. The third-order valence-corrected chi connectivity index (χ3v) is 3.07. The summed E-state index contributed by atoms with van der Waals surface area (Å²) in [6.07, 6.45) is -0.0898. The van der Waals surface area contributed by atoms with Crippen molar-refractivity contribution in [1.82, 2.24) is 4.90 Å². The van der Waals surface area contributed by atoms with Gasteiger partial charge in [0.25, 0.3) is 0 Å². The van der Waals surface area contributed by atoms with Crippen LogP contribution in [0, 0.1) is 5.41 Å². The maximum absolute atomic E-state index is 10.2. The molecule has 0 heterocycles. The van der Waals surface area contributed by atoms with Crippen LogP contribution in [-0.4, -0.2) is 105 Å². The van der Waals surface area contributed by atoms with Crippen LogP contribution >= 0.6 is 0 Å². The minimum absolute atomic E-state index is 0. The molecule has 0 saturated carbocycles. The van der Waals surface area contributed by atoms with Crippen LogP contribution in [0.5, 0.6) is 0 Å². The predicted molar refractivity (Wildman–Crippen MR) is 78.8 cm³/mol. The van der Waals surface area contributed by atoms with Crippen molar-refractivity contribution in [3.8, 4) is 0 Å². The SMILES string of the molecule is O=C(O)CCC(CO)(CO)CO.O=C(O)CN(CCO)CCO.[Y].[Y]. The molecular weight excluding hydrogens is 492 g/mol. The van der Waals surface area contributed by atoms with Crippen molar-refractivity contribution in [1.29, 1.82) is 0 Å². The zero-order valence-electron chi connectivity index (χ0n) is 14.1. The van der Waals surface area contributed by atoms with E-state index in [-0.39, 0.29) is 111 Å². The summed E-state index contributed by atoms with van der Waals surface area (Å²) in [6, 6.07) is 0. The fraction of sp³-hybridized carbons (Fsp3) is 0.846. The Labute approximate surface area is 197 Å². The number of hydrogen-bond donors (Lipinski definition) is 7. The van der Waals surface area contributed by atoms with Crippen molar-refractivity contribution in [3.05, 3.63) is 0 Å². The fourth-order valence-electron chi connectivity index (χ4n) is 1.50. The van der Waals surface area contributed by atoms with Gasteiger partial charge in [-0.05, 0) is 6.42 Å². The first-order valence-corrected chi connectivity index (χ1v) is 7.01. The fourth-order valence-corrected chi connectivity index (χ4v) is 1.50. The second kappa shape index (κ2) is 21.2. The van der Waals surface area contributed by atoms with Crippen LogP contribution in [0.4, 0.5) is 0 Å². The van der Waals surface area contributed by atoms with Crippen molar-refractivity contribution in [2.24, 2.45) is 5.41 Å². The van der Waals surface area contributed by atoms with Crippen LogP contribution in [-0.2, 0) is 75.0 Å². The van der Waals surface area contributed by atoms with Gasteiger partial charge in [-0.3, -0.25) is 14.5 Å². The monoisotopic (exact) mass is 519 g/mol. The Morgan fingerprint density at radius 2 is 1.16 bits per heavy atom. The quantitative estimate of drug-likeness (QED) is 0.142. The predicted octanol–water partition coefficient (Wildman–Crippen LogP) is -2.83. The molecule has 0 rings (SSSR count). The van der Waals surface area contributed by atoms with Gasteiger partial charge in [-0.15, -0.1) is 0 Å². The zero-order valence-corrected chi connectivity index (χ0v) is 19.8. The summed E-state index contributed by atoms with van der Waals surface area (Å²) in [5.74, 6) is -1.96. The van der Waals surface area contributed by atoms with Crippen LogP contribution in [0.15, 0.2) is 0 Å². The van der Waals surface area contributed by atoms with Gasteiger partial charge < -0.3 is 35.7 Å². The van der Waals surface area contributed by atoms with Crippen molar-refractivity contribution in [3.63, 3.8) is 0 Å². The van der Waals surface area contributed by atoms with Crippen LogP contribution in [0.2, 0.25) is 0 Å². The van der Waals surface area contributed by atoms with Gasteiger partial charge in [0.05, 0.1) is 39.6 Å². The number of carboxylic acids is 2. The van der Waals surface area contributed by atoms with Crippen LogP contribution in [0.1, 0.15) is 12.8 Å². The van der Waals surface area contributed by atoms with Gasteiger partial charge >= 0.3 is 11.9 Å². The molecule has 2 radical (unpaired) electrons. The normalized spacial score (nSPS) is 10.2. The van der Waals surface area contributed by atoms with E-state index in [0.717, 1.165) is 0 Å². The van der Waals surface area contributed by atoms with E-state index in [1.165, 1.54) is 4.90 Å². The summed E-state index contributed by atoms with van der Waals surface area (Å²) in [4.78, 5) is 21.8. The topological polar surface area (TPSA) is 179 Å². The second-order valence-corrected chi connectivity index (χ2v) is 4.99. The molecule has 12 heteroatoms. The number of hydrogen-bond acceptors (Lipinski definition) is 8. The molecule has 0 aromatic heterocycles. The Balaban J connectivity index is -0.000000164. The molecule has 0 atom stereocenters. The molecule has 7 N–H and O–H groups in total. The van der Waals surface area contributed by atoms with Gasteiger partial charge in [-0.1, -0.05) is 0 Å². The molecule has 144 valence electrons.